The standard InChI is InChI=1S/C18H17FN4O2/c1-2-23-17(25)13-8-4-6-10-15(13)20-18(23)22-21-16(24)11-12-7-3-5-9-14(12)19/h3-10H,2,11H2,1H3,(H,20,22)(H,21,24). The van der Waals surface area contributed by atoms with Crippen LogP contribution >= 0.6 is 0 Å². The third-order valence-electron chi connectivity index (χ3n) is 3.80. The minimum Gasteiger partial charge on any atom is -0.277 e. The molecule has 7 heteroatoms. The van der Waals surface area contributed by atoms with Crippen LogP contribution in [0, 0.1) is 5.82 Å². The Hall–Kier alpha value is -3.22. The molecular formula is C18H17FN4O2. The molecule has 2 N–H and O–H groups in total. The van der Waals surface area contributed by atoms with Crippen molar-refractivity contribution in [2.24, 2.45) is 0 Å². The SMILES string of the molecule is CCn1c(NNC(=O)Cc2ccccc2F)nc2ccccc2c1=O. The number of aromatic nitrogens is 2. The highest BCUT2D eigenvalue weighted by molar-refractivity contribution is 5.81. The molecule has 25 heavy (non-hydrogen) atoms. The van der Waals surface area contributed by atoms with Gasteiger partial charge in [0.2, 0.25) is 11.9 Å². The van der Waals surface area contributed by atoms with Crippen LogP contribution < -0.4 is 16.4 Å². The second-order valence-electron chi connectivity index (χ2n) is 5.44. The fourth-order valence-electron chi connectivity index (χ4n) is 2.54. The van der Waals surface area contributed by atoms with Crippen LogP contribution in [0.5, 0.6) is 0 Å². The van der Waals surface area contributed by atoms with E-state index in [9.17, 15) is 14.0 Å². The normalized spacial score (nSPS) is 10.6. The molecule has 0 radical (unpaired) electrons. The van der Waals surface area contributed by atoms with Crippen molar-refractivity contribution in [3.05, 3.63) is 70.3 Å². The summed E-state index contributed by atoms with van der Waals surface area (Å²) in [6.45, 7) is 2.20. The van der Waals surface area contributed by atoms with Gasteiger partial charge in [-0.25, -0.2) is 9.37 Å². The number of hydrogen-bond donors (Lipinski definition) is 2. The van der Waals surface area contributed by atoms with E-state index in [1.54, 1.807) is 42.5 Å². The molecule has 0 aliphatic carbocycles. The number of nitrogens with zero attached hydrogens (tertiary/aromatic N) is 2. The van der Waals surface area contributed by atoms with E-state index in [0.717, 1.165) is 0 Å². The molecule has 1 heterocycles. The average molecular weight is 340 g/mol. The maximum atomic E-state index is 13.6. The number of para-hydroxylation sites is 1. The van der Waals surface area contributed by atoms with E-state index in [4.69, 9.17) is 0 Å². The summed E-state index contributed by atoms with van der Waals surface area (Å²) in [7, 11) is 0. The van der Waals surface area contributed by atoms with E-state index in [0.29, 0.717) is 23.0 Å². The van der Waals surface area contributed by atoms with Gasteiger partial charge in [0, 0.05) is 6.54 Å². The van der Waals surface area contributed by atoms with E-state index < -0.39 is 11.7 Å². The molecule has 0 spiro atoms. The van der Waals surface area contributed by atoms with Gasteiger partial charge in [0.05, 0.1) is 17.3 Å². The first-order valence-electron chi connectivity index (χ1n) is 7.88. The summed E-state index contributed by atoms with van der Waals surface area (Å²) in [6, 6.07) is 13.1. The Morgan fingerprint density at radius 2 is 1.88 bits per heavy atom. The van der Waals surface area contributed by atoms with Crippen molar-refractivity contribution < 1.29 is 9.18 Å². The number of benzene rings is 2. The molecule has 0 aliphatic heterocycles. The number of carbonyl (C=O) groups is 1. The van der Waals surface area contributed by atoms with Gasteiger partial charge in [-0.15, -0.1) is 0 Å². The molecule has 1 aromatic heterocycles. The Bertz CT molecular complexity index is 984. The molecule has 0 bridgehead atoms. The van der Waals surface area contributed by atoms with E-state index in [2.05, 4.69) is 15.8 Å². The van der Waals surface area contributed by atoms with Gasteiger partial charge in [-0.1, -0.05) is 30.3 Å². The van der Waals surface area contributed by atoms with Crippen LogP contribution in [0.25, 0.3) is 10.9 Å². The molecule has 0 saturated carbocycles. The summed E-state index contributed by atoms with van der Waals surface area (Å²) in [5.74, 6) is -0.643. The lowest BCUT2D eigenvalue weighted by atomic mass is 10.1. The van der Waals surface area contributed by atoms with Crippen LogP contribution in [0.2, 0.25) is 0 Å². The zero-order valence-corrected chi connectivity index (χ0v) is 13.6. The number of halogens is 1. The number of nitrogens with one attached hydrogen (secondary N) is 2. The second kappa shape index (κ2) is 7.12. The monoisotopic (exact) mass is 340 g/mol. The van der Waals surface area contributed by atoms with Gasteiger partial charge in [0.25, 0.3) is 5.56 Å². The lowest BCUT2D eigenvalue weighted by Gasteiger charge is -2.14. The number of carbonyl (C=O) groups excluding carboxylic acids is 1. The Balaban J connectivity index is 1.80. The van der Waals surface area contributed by atoms with Crippen molar-refractivity contribution in [2.45, 2.75) is 19.9 Å². The number of hydrogen-bond acceptors (Lipinski definition) is 4. The van der Waals surface area contributed by atoms with Gasteiger partial charge >= 0.3 is 0 Å². The third kappa shape index (κ3) is 3.50. The fraction of sp³-hybridized carbons (Fsp3) is 0.167. The lowest BCUT2D eigenvalue weighted by Crippen LogP contribution is -2.35. The minimum absolute atomic E-state index is 0.121. The Kier molecular flexibility index (Phi) is 4.74. The van der Waals surface area contributed by atoms with E-state index in [1.807, 2.05) is 6.92 Å². The molecule has 3 rings (SSSR count). The van der Waals surface area contributed by atoms with Crippen molar-refractivity contribution in [2.75, 3.05) is 5.43 Å². The predicted molar refractivity (Wildman–Crippen MR) is 93.5 cm³/mol. The van der Waals surface area contributed by atoms with Crippen molar-refractivity contribution in [1.82, 2.24) is 15.0 Å². The third-order valence-corrected chi connectivity index (χ3v) is 3.80. The minimum atomic E-state index is -0.438. The molecular weight excluding hydrogens is 323 g/mol. The van der Waals surface area contributed by atoms with Crippen molar-refractivity contribution in [3.63, 3.8) is 0 Å². The number of rotatable bonds is 5. The van der Waals surface area contributed by atoms with Crippen molar-refractivity contribution in [3.8, 4) is 0 Å². The molecule has 2 aromatic carbocycles. The maximum Gasteiger partial charge on any atom is 0.262 e. The fourth-order valence-corrected chi connectivity index (χ4v) is 2.54. The molecule has 6 nitrogen and oxygen atoms in total. The summed E-state index contributed by atoms with van der Waals surface area (Å²) in [4.78, 5) is 28.9. The van der Waals surface area contributed by atoms with Gasteiger partial charge in [0.1, 0.15) is 5.82 Å². The lowest BCUT2D eigenvalue weighted by molar-refractivity contribution is -0.120. The summed E-state index contributed by atoms with van der Waals surface area (Å²) in [5, 5.41) is 0.507. The zero-order valence-electron chi connectivity index (χ0n) is 13.6. The van der Waals surface area contributed by atoms with Gasteiger partial charge < -0.3 is 0 Å². The first-order chi connectivity index (χ1) is 12.1. The largest absolute Gasteiger partial charge is 0.277 e. The number of fused-ring (bicyclic) bond motifs is 1. The molecule has 128 valence electrons. The highest BCUT2D eigenvalue weighted by Crippen LogP contribution is 2.11. The molecule has 0 saturated heterocycles. The molecule has 0 aliphatic rings. The molecule has 0 unspecified atom stereocenters. The average Bonchev–Trinajstić information content (AvgIpc) is 2.62. The molecule has 0 fully saturated rings. The Morgan fingerprint density at radius 3 is 2.64 bits per heavy atom. The molecule has 1 amide bonds. The molecule has 0 atom stereocenters. The van der Waals surface area contributed by atoms with Gasteiger partial charge in [-0.3, -0.25) is 25.0 Å². The van der Waals surface area contributed by atoms with E-state index >= 15 is 0 Å². The Labute approximate surface area is 143 Å². The smallest absolute Gasteiger partial charge is 0.262 e. The molecule has 3 aromatic rings. The first kappa shape index (κ1) is 16.6. The Morgan fingerprint density at radius 1 is 1.16 bits per heavy atom. The quantitative estimate of drug-likeness (QED) is 0.699. The van der Waals surface area contributed by atoms with Crippen LogP contribution in [0.1, 0.15) is 12.5 Å². The zero-order chi connectivity index (χ0) is 17.8. The predicted octanol–water partition coefficient (Wildman–Crippen LogP) is 2.24. The van der Waals surface area contributed by atoms with Gasteiger partial charge in [-0.2, -0.15) is 0 Å². The summed E-state index contributed by atoms with van der Waals surface area (Å²) < 4.78 is 15.0. The van der Waals surface area contributed by atoms with Gasteiger partial charge in [0.15, 0.2) is 0 Å². The van der Waals surface area contributed by atoms with Crippen LogP contribution in [-0.4, -0.2) is 15.5 Å². The summed E-state index contributed by atoms with van der Waals surface area (Å²) >= 11 is 0. The van der Waals surface area contributed by atoms with Crippen LogP contribution in [0.4, 0.5) is 10.3 Å². The topological polar surface area (TPSA) is 76.0 Å². The second-order valence-corrected chi connectivity index (χ2v) is 5.44. The summed E-state index contributed by atoms with van der Waals surface area (Å²) in [5.41, 5.74) is 5.76. The number of hydrazine groups is 1. The van der Waals surface area contributed by atoms with Crippen LogP contribution in [-0.2, 0) is 17.8 Å². The van der Waals surface area contributed by atoms with Crippen molar-refractivity contribution >= 4 is 22.8 Å². The van der Waals surface area contributed by atoms with Crippen LogP contribution in [0.15, 0.2) is 53.3 Å². The van der Waals surface area contributed by atoms with Crippen LogP contribution in [0.3, 0.4) is 0 Å². The number of anilines is 1. The highest BCUT2D eigenvalue weighted by atomic mass is 19.1. The first-order valence-corrected chi connectivity index (χ1v) is 7.88. The van der Waals surface area contributed by atoms with Crippen molar-refractivity contribution in [1.29, 1.82) is 0 Å². The maximum absolute atomic E-state index is 13.6. The van der Waals surface area contributed by atoms with E-state index in [-0.39, 0.29) is 17.9 Å². The summed E-state index contributed by atoms with van der Waals surface area (Å²) in [6.07, 6.45) is -0.121. The number of amides is 1. The van der Waals surface area contributed by atoms with E-state index in [1.165, 1.54) is 10.6 Å². The van der Waals surface area contributed by atoms with Gasteiger partial charge in [-0.05, 0) is 30.7 Å². The highest BCUT2D eigenvalue weighted by Gasteiger charge is 2.11.